The maximum atomic E-state index is 12.4. The molecule has 2 aromatic rings. The summed E-state index contributed by atoms with van der Waals surface area (Å²) in [6.07, 6.45) is 5.21. The molecule has 0 radical (unpaired) electrons. The van der Waals surface area contributed by atoms with Gasteiger partial charge in [-0.2, -0.15) is 0 Å². The Balaban J connectivity index is 1.27. The highest BCUT2D eigenvalue weighted by molar-refractivity contribution is 7.09. The van der Waals surface area contributed by atoms with Crippen LogP contribution in [0.5, 0.6) is 0 Å². The highest BCUT2D eigenvalue weighted by Crippen LogP contribution is 2.35. The van der Waals surface area contributed by atoms with Gasteiger partial charge in [0.2, 0.25) is 17.7 Å². The number of allylic oxidation sites excluding steroid dienone is 2. The van der Waals surface area contributed by atoms with Crippen LogP contribution >= 0.6 is 11.3 Å². The number of carbonyl (C=O) groups is 3. The van der Waals surface area contributed by atoms with Gasteiger partial charge in [0.15, 0.2) is 5.76 Å². The number of nitrogens with one attached hydrogen (secondary N) is 1. The van der Waals surface area contributed by atoms with E-state index in [9.17, 15) is 14.4 Å². The Labute approximate surface area is 166 Å². The van der Waals surface area contributed by atoms with Crippen LogP contribution < -0.4 is 5.32 Å². The zero-order valence-electron chi connectivity index (χ0n) is 15.5. The molecule has 4 rings (SSSR count). The van der Waals surface area contributed by atoms with Gasteiger partial charge in [-0.15, -0.1) is 11.3 Å². The third-order valence-electron chi connectivity index (χ3n) is 5.15. The van der Waals surface area contributed by atoms with Crippen LogP contribution in [-0.2, 0) is 20.9 Å². The normalized spacial score (nSPS) is 21.2. The van der Waals surface area contributed by atoms with E-state index in [1.54, 1.807) is 17.4 Å². The quantitative estimate of drug-likeness (QED) is 0.595. The summed E-state index contributed by atoms with van der Waals surface area (Å²) in [4.78, 5) is 42.6. The molecule has 1 aliphatic heterocycles. The van der Waals surface area contributed by atoms with Crippen molar-refractivity contribution in [1.29, 1.82) is 0 Å². The second kappa shape index (κ2) is 7.71. The lowest BCUT2D eigenvalue weighted by molar-refractivity contribution is -0.140. The van der Waals surface area contributed by atoms with Gasteiger partial charge in [-0.3, -0.25) is 19.3 Å². The summed E-state index contributed by atoms with van der Waals surface area (Å²) in [7, 11) is 0. The summed E-state index contributed by atoms with van der Waals surface area (Å²) in [6, 6.07) is 3.63. The third-order valence-corrected chi connectivity index (χ3v) is 5.93. The molecule has 0 saturated carbocycles. The highest BCUT2D eigenvalue weighted by atomic mass is 32.1. The van der Waals surface area contributed by atoms with Gasteiger partial charge >= 0.3 is 0 Å². The van der Waals surface area contributed by atoms with Crippen LogP contribution in [0.15, 0.2) is 34.1 Å². The molecule has 146 valence electrons. The van der Waals surface area contributed by atoms with Crippen molar-refractivity contribution in [2.45, 2.75) is 32.7 Å². The summed E-state index contributed by atoms with van der Waals surface area (Å²) >= 11 is 1.55. The van der Waals surface area contributed by atoms with E-state index in [0.29, 0.717) is 24.4 Å². The zero-order valence-corrected chi connectivity index (χ0v) is 16.3. The number of imide groups is 1. The molecular weight excluding hydrogens is 378 g/mol. The van der Waals surface area contributed by atoms with Crippen molar-refractivity contribution < 1.29 is 18.8 Å². The number of likely N-dealkylation sites (tertiary alicyclic amines) is 1. The molecule has 1 fully saturated rings. The van der Waals surface area contributed by atoms with Gasteiger partial charge in [-0.05, 0) is 31.9 Å². The van der Waals surface area contributed by atoms with Crippen molar-refractivity contribution >= 4 is 29.1 Å². The molecule has 0 bridgehead atoms. The van der Waals surface area contributed by atoms with Crippen molar-refractivity contribution in [2.75, 3.05) is 6.54 Å². The second-order valence-electron chi connectivity index (χ2n) is 7.03. The summed E-state index contributed by atoms with van der Waals surface area (Å²) in [6.45, 7) is 2.30. The molecule has 1 N–H and O–H groups in total. The Morgan fingerprint density at radius 3 is 2.61 bits per heavy atom. The lowest BCUT2D eigenvalue weighted by Gasteiger charge is -2.14. The molecule has 1 saturated heterocycles. The topological polar surface area (TPSA) is 92.5 Å². The van der Waals surface area contributed by atoms with Crippen LogP contribution in [0.4, 0.5) is 0 Å². The summed E-state index contributed by atoms with van der Waals surface area (Å²) in [5.74, 6) is 0.254. The fourth-order valence-corrected chi connectivity index (χ4v) is 4.27. The van der Waals surface area contributed by atoms with E-state index in [0.717, 1.165) is 10.7 Å². The molecule has 1 aliphatic carbocycles. The fraction of sp³-hybridized carbons (Fsp3) is 0.400. The van der Waals surface area contributed by atoms with Crippen LogP contribution in [0.1, 0.15) is 30.0 Å². The van der Waals surface area contributed by atoms with Gasteiger partial charge < -0.3 is 9.73 Å². The molecule has 0 spiro atoms. The smallest absolute Gasteiger partial charge is 0.233 e. The van der Waals surface area contributed by atoms with E-state index in [1.165, 1.54) is 4.90 Å². The number of nitrogens with zero attached hydrogens (tertiary/aromatic N) is 2. The Hall–Kier alpha value is -2.74. The minimum atomic E-state index is -0.253. The first-order chi connectivity index (χ1) is 13.5. The van der Waals surface area contributed by atoms with Crippen LogP contribution in [0.25, 0.3) is 11.5 Å². The fourth-order valence-electron chi connectivity index (χ4n) is 3.66. The molecule has 2 atom stereocenters. The van der Waals surface area contributed by atoms with Crippen LogP contribution in [0, 0.1) is 18.8 Å². The lowest BCUT2D eigenvalue weighted by atomic mass is 9.85. The van der Waals surface area contributed by atoms with Crippen molar-refractivity contribution in [3.63, 3.8) is 0 Å². The molecule has 3 heterocycles. The number of furan rings is 1. The SMILES string of the molecule is Cc1nc(-c2ccc(CNC(=O)CCN3C(=O)C4CC=CCC4C3=O)o2)cs1. The predicted octanol–water partition coefficient (Wildman–Crippen LogP) is 2.67. The van der Waals surface area contributed by atoms with Gasteiger partial charge in [0.1, 0.15) is 11.5 Å². The minimum absolute atomic E-state index is 0.0865. The average Bonchev–Trinajstić information content (AvgIpc) is 3.39. The number of hydrogen-bond acceptors (Lipinski definition) is 6. The van der Waals surface area contributed by atoms with Gasteiger partial charge in [-0.1, -0.05) is 12.2 Å². The molecule has 2 unspecified atom stereocenters. The second-order valence-corrected chi connectivity index (χ2v) is 8.09. The van der Waals surface area contributed by atoms with Crippen LogP contribution in [0.3, 0.4) is 0 Å². The first-order valence-corrected chi connectivity index (χ1v) is 10.2. The van der Waals surface area contributed by atoms with E-state index in [-0.39, 0.29) is 49.1 Å². The number of hydrogen-bond donors (Lipinski definition) is 1. The van der Waals surface area contributed by atoms with Gasteiger partial charge in [0, 0.05) is 18.3 Å². The van der Waals surface area contributed by atoms with Gasteiger partial charge in [0.25, 0.3) is 0 Å². The predicted molar refractivity (Wildman–Crippen MR) is 103 cm³/mol. The van der Waals surface area contributed by atoms with E-state index in [1.807, 2.05) is 30.5 Å². The number of carbonyl (C=O) groups excluding carboxylic acids is 3. The highest BCUT2D eigenvalue weighted by Gasteiger charge is 2.46. The first-order valence-electron chi connectivity index (χ1n) is 9.31. The van der Waals surface area contributed by atoms with Gasteiger partial charge in [-0.25, -0.2) is 4.98 Å². The Morgan fingerprint density at radius 1 is 1.25 bits per heavy atom. The van der Waals surface area contributed by atoms with E-state index < -0.39 is 0 Å². The molecule has 2 aromatic heterocycles. The van der Waals surface area contributed by atoms with Crippen LogP contribution in [-0.4, -0.2) is 34.2 Å². The number of rotatable bonds is 6. The van der Waals surface area contributed by atoms with E-state index >= 15 is 0 Å². The Kier molecular flexibility index (Phi) is 5.13. The minimum Gasteiger partial charge on any atom is -0.458 e. The van der Waals surface area contributed by atoms with E-state index in [4.69, 9.17) is 4.42 Å². The molecular formula is C20H21N3O4S. The zero-order chi connectivity index (χ0) is 19.7. The van der Waals surface area contributed by atoms with Crippen molar-refractivity contribution in [1.82, 2.24) is 15.2 Å². The molecule has 2 aliphatic rings. The maximum Gasteiger partial charge on any atom is 0.233 e. The number of thiazole rings is 1. The molecule has 28 heavy (non-hydrogen) atoms. The number of aryl methyl sites for hydroxylation is 1. The molecule has 8 heteroatoms. The maximum absolute atomic E-state index is 12.4. The van der Waals surface area contributed by atoms with Crippen molar-refractivity contribution in [3.8, 4) is 11.5 Å². The molecule has 7 nitrogen and oxygen atoms in total. The molecule has 0 aromatic carbocycles. The summed E-state index contributed by atoms with van der Waals surface area (Å²) in [5.41, 5.74) is 0.780. The van der Waals surface area contributed by atoms with Gasteiger partial charge in [0.05, 0.1) is 23.4 Å². The number of amides is 3. The lowest BCUT2D eigenvalue weighted by Crippen LogP contribution is -2.35. The molecule has 3 amide bonds. The summed E-state index contributed by atoms with van der Waals surface area (Å²) < 4.78 is 5.71. The van der Waals surface area contributed by atoms with Crippen LogP contribution in [0.2, 0.25) is 0 Å². The third kappa shape index (κ3) is 3.64. The average molecular weight is 399 g/mol. The first kappa shape index (κ1) is 18.6. The Bertz CT molecular complexity index is 919. The summed E-state index contributed by atoms with van der Waals surface area (Å²) in [5, 5.41) is 5.66. The largest absolute Gasteiger partial charge is 0.458 e. The Morgan fingerprint density at radius 2 is 1.96 bits per heavy atom. The monoisotopic (exact) mass is 399 g/mol. The number of fused-ring (bicyclic) bond motifs is 1. The standard InChI is InChI=1S/C20H21N3O4S/c1-12-22-16(11-28-12)17-7-6-13(27-17)10-21-18(24)8-9-23-19(25)14-4-2-3-5-15(14)20(23)26/h2-3,6-7,11,14-15H,4-5,8-10H2,1H3,(H,21,24). The number of aromatic nitrogens is 1. The van der Waals surface area contributed by atoms with E-state index in [2.05, 4.69) is 10.3 Å². The van der Waals surface area contributed by atoms with Crippen molar-refractivity contribution in [3.05, 3.63) is 40.4 Å². The van der Waals surface area contributed by atoms with Crippen molar-refractivity contribution in [2.24, 2.45) is 11.8 Å².